The smallest absolute Gasteiger partial charge is 0.322 e. The second kappa shape index (κ2) is 6.79. The summed E-state index contributed by atoms with van der Waals surface area (Å²) in [7, 11) is 0. The van der Waals surface area contributed by atoms with E-state index in [9.17, 15) is 0 Å². The maximum absolute atomic E-state index is 5.57. The van der Waals surface area contributed by atoms with Crippen LogP contribution in [0.5, 0.6) is 6.01 Å². The first-order valence-electron chi connectivity index (χ1n) is 6.76. The molecule has 2 heterocycles. The quantitative estimate of drug-likeness (QED) is 0.872. The number of nitrogens with zero attached hydrogens (tertiary/aromatic N) is 4. The van der Waals surface area contributed by atoms with Crippen molar-refractivity contribution in [2.75, 3.05) is 11.9 Å². The summed E-state index contributed by atoms with van der Waals surface area (Å²) in [6.07, 6.45) is 4.44. The van der Waals surface area contributed by atoms with Gasteiger partial charge in [-0.2, -0.15) is 15.0 Å². The van der Waals surface area contributed by atoms with Gasteiger partial charge in [0.2, 0.25) is 5.95 Å². The van der Waals surface area contributed by atoms with Crippen molar-refractivity contribution in [3.8, 4) is 17.4 Å². The largest absolute Gasteiger partial charge is 0.461 e. The van der Waals surface area contributed by atoms with E-state index in [1.165, 1.54) is 0 Å². The van der Waals surface area contributed by atoms with Crippen LogP contribution in [0.2, 0.25) is 0 Å². The minimum absolute atomic E-state index is 0.0122. The SMILES string of the molecule is CCCNc1nc(OC(C)C)nc(-c2cccnc2)n1. The average Bonchev–Trinajstić information content (AvgIpc) is 2.45. The van der Waals surface area contributed by atoms with Gasteiger partial charge in [-0.05, 0) is 32.4 Å². The van der Waals surface area contributed by atoms with Gasteiger partial charge in [-0.25, -0.2) is 0 Å². The minimum atomic E-state index is 0.0122. The predicted molar refractivity (Wildman–Crippen MR) is 77.6 cm³/mol. The van der Waals surface area contributed by atoms with Gasteiger partial charge in [-0.15, -0.1) is 0 Å². The van der Waals surface area contributed by atoms with E-state index in [4.69, 9.17) is 4.74 Å². The lowest BCUT2D eigenvalue weighted by molar-refractivity contribution is 0.222. The lowest BCUT2D eigenvalue weighted by atomic mass is 10.3. The molecule has 0 bridgehead atoms. The number of rotatable bonds is 6. The summed E-state index contributed by atoms with van der Waals surface area (Å²) >= 11 is 0. The van der Waals surface area contributed by atoms with Crippen LogP contribution in [0, 0.1) is 0 Å². The van der Waals surface area contributed by atoms with Crippen LogP contribution in [0.25, 0.3) is 11.4 Å². The standard InChI is InChI=1S/C14H19N5O/c1-4-7-16-13-17-12(11-6-5-8-15-9-11)18-14(19-13)20-10(2)3/h5-6,8-10H,4,7H2,1-3H3,(H,16,17,18,19). The Bertz CT molecular complexity index is 545. The van der Waals surface area contributed by atoms with Gasteiger partial charge < -0.3 is 10.1 Å². The molecule has 0 amide bonds. The third-order valence-electron chi connectivity index (χ3n) is 2.41. The Morgan fingerprint density at radius 3 is 2.75 bits per heavy atom. The maximum atomic E-state index is 5.57. The Hall–Kier alpha value is -2.24. The normalized spacial score (nSPS) is 10.6. The Balaban J connectivity index is 2.34. The zero-order valence-corrected chi connectivity index (χ0v) is 12.0. The van der Waals surface area contributed by atoms with E-state index >= 15 is 0 Å². The molecule has 0 saturated carbocycles. The fraction of sp³-hybridized carbons (Fsp3) is 0.429. The third kappa shape index (κ3) is 3.88. The molecule has 1 N–H and O–H groups in total. The van der Waals surface area contributed by atoms with Crippen molar-refractivity contribution >= 4 is 5.95 Å². The molecule has 0 unspecified atom stereocenters. The Morgan fingerprint density at radius 2 is 2.10 bits per heavy atom. The van der Waals surface area contributed by atoms with Crippen molar-refractivity contribution in [1.82, 2.24) is 19.9 Å². The fourth-order valence-corrected chi connectivity index (χ4v) is 1.56. The molecule has 2 aromatic rings. The number of anilines is 1. The van der Waals surface area contributed by atoms with Crippen molar-refractivity contribution in [1.29, 1.82) is 0 Å². The Kier molecular flexibility index (Phi) is 4.81. The summed E-state index contributed by atoms with van der Waals surface area (Å²) in [6, 6.07) is 4.08. The molecule has 0 radical (unpaired) electrons. The van der Waals surface area contributed by atoms with Crippen LogP contribution >= 0.6 is 0 Å². The molecular formula is C14H19N5O. The van der Waals surface area contributed by atoms with E-state index < -0.39 is 0 Å². The van der Waals surface area contributed by atoms with E-state index in [2.05, 4.69) is 32.2 Å². The van der Waals surface area contributed by atoms with Gasteiger partial charge in [-0.1, -0.05) is 6.92 Å². The van der Waals surface area contributed by atoms with E-state index in [1.54, 1.807) is 12.4 Å². The van der Waals surface area contributed by atoms with Crippen LogP contribution in [0.15, 0.2) is 24.5 Å². The van der Waals surface area contributed by atoms with Crippen LogP contribution in [0.1, 0.15) is 27.2 Å². The molecule has 0 aliphatic heterocycles. The van der Waals surface area contributed by atoms with E-state index in [0.717, 1.165) is 18.5 Å². The van der Waals surface area contributed by atoms with Crippen LogP contribution in [0.4, 0.5) is 5.95 Å². The summed E-state index contributed by atoms with van der Waals surface area (Å²) < 4.78 is 5.57. The Labute approximate surface area is 118 Å². The molecule has 0 saturated heterocycles. The highest BCUT2D eigenvalue weighted by atomic mass is 16.5. The maximum Gasteiger partial charge on any atom is 0.322 e. The number of aromatic nitrogens is 4. The van der Waals surface area contributed by atoms with Crippen LogP contribution in [-0.2, 0) is 0 Å². The monoisotopic (exact) mass is 273 g/mol. The highest BCUT2D eigenvalue weighted by Gasteiger charge is 2.10. The summed E-state index contributed by atoms with van der Waals surface area (Å²) in [4.78, 5) is 17.1. The number of ether oxygens (including phenoxy) is 1. The van der Waals surface area contributed by atoms with Gasteiger partial charge in [0.05, 0.1) is 6.10 Å². The molecule has 0 fully saturated rings. The lowest BCUT2D eigenvalue weighted by Gasteiger charge is -2.11. The van der Waals surface area contributed by atoms with Gasteiger partial charge in [0.25, 0.3) is 0 Å². The average molecular weight is 273 g/mol. The summed E-state index contributed by atoms with van der Waals surface area (Å²) in [5.74, 6) is 1.08. The number of hydrogen-bond acceptors (Lipinski definition) is 6. The Morgan fingerprint density at radius 1 is 1.25 bits per heavy atom. The molecule has 0 atom stereocenters. The molecule has 6 nitrogen and oxygen atoms in total. The van der Waals surface area contributed by atoms with Gasteiger partial charge in [0, 0.05) is 24.5 Å². The van der Waals surface area contributed by atoms with E-state index in [1.807, 2.05) is 26.0 Å². The molecule has 0 aliphatic rings. The minimum Gasteiger partial charge on any atom is -0.461 e. The molecule has 0 aliphatic carbocycles. The zero-order chi connectivity index (χ0) is 14.4. The number of hydrogen-bond donors (Lipinski definition) is 1. The first-order chi connectivity index (χ1) is 9.69. The number of pyridine rings is 1. The van der Waals surface area contributed by atoms with Crippen LogP contribution in [-0.4, -0.2) is 32.6 Å². The molecule has 106 valence electrons. The van der Waals surface area contributed by atoms with Gasteiger partial charge in [0.1, 0.15) is 0 Å². The van der Waals surface area contributed by atoms with Gasteiger partial charge in [-0.3, -0.25) is 4.98 Å². The first-order valence-corrected chi connectivity index (χ1v) is 6.76. The van der Waals surface area contributed by atoms with Gasteiger partial charge in [0.15, 0.2) is 5.82 Å². The van der Waals surface area contributed by atoms with E-state index in [0.29, 0.717) is 17.8 Å². The molecule has 0 aromatic carbocycles. The van der Waals surface area contributed by atoms with Crippen molar-refractivity contribution in [2.24, 2.45) is 0 Å². The topological polar surface area (TPSA) is 72.8 Å². The van der Waals surface area contributed by atoms with Crippen LogP contribution < -0.4 is 10.1 Å². The van der Waals surface area contributed by atoms with E-state index in [-0.39, 0.29) is 6.10 Å². The predicted octanol–water partition coefficient (Wildman–Crippen LogP) is 2.54. The van der Waals surface area contributed by atoms with Crippen molar-refractivity contribution in [3.63, 3.8) is 0 Å². The third-order valence-corrected chi connectivity index (χ3v) is 2.41. The van der Waals surface area contributed by atoms with Crippen LogP contribution in [0.3, 0.4) is 0 Å². The molecule has 0 spiro atoms. The molecular weight excluding hydrogens is 254 g/mol. The van der Waals surface area contributed by atoms with Gasteiger partial charge >= 0.3 is 6.01 Å². The summed E-state index contributed by atoms with van der Waals surface area (Å²) in [5.41, 5.74) is 0.836. The molecule has 6 heteroatoms. The molecule has 2 rings (SSSR count). The summed E-state index contributed by atoms with van der Waals surface area (Å²) in [6.45, 7) is 6.76. The lowest BCUT2D eigenvalue weighted by Crippen LogP contribution is -2.12. The highest BCUT2D eigenvalue weighted by Crippen LogP contribution is 2.18. The summed E-state index contributed by atoms with van der Waals surface area (Å²) in [5, 5.41) is 3.16. The fourth-order valence-electron chi connectivity index (χ4n) is 1.56. The molecule has 20 heavy (non-hydrogen) atoms. The number of nitrogens with one attached hydrogen (secondary N) is 1. The van der Waals surface area contributed by atoms with Crippen molar-refractivity contribution in [2.45, 2.75) is 33.3 Å². The molecule has 2 aromatic heterocycles. The van der Waals surface area contributed by atoms with Crippen molar-refractivity contribution < 1.29 is 4.74 Å². The second-order valence-electron chi connectivity index (χ2n) is 4.60. The zero-order valence-electron chi connectivity index (χ0n) is 12.0. The van der Waals surface area contributed by atoms with Crippen molar-refractivity contribution in [3.05, 3.63) is 24.5 Å². The second-order valence-corrected chi connectivity index (χ2v) is 4.60. The highest BCUT2D eigenvalue weighted by molar-refractivity contribution is 5.54. The first kappa shape index (κ1) is 14.2.